The molecule has 2 aromatic rings. The molecule has 98 valence electrons. The van der Waals surface area contributed by atoms with Crippen molar-refractivity contribution >= 4 is 5.69 Å². The minimum atomic E-state index is -0.992. The summed E-state index contributed by atoms with van der Waals surface area (Å²) in [7, 11) is 1.70. The molecule has 0 unspecified atom stereocenters. The molecule has 0 aliphatic rings. The molecule has 0 fully saturated rings. The van der Waals surface area contributed by atoms with E-state index in [1.165, 1.54) is 0 Å². The fourth-order valence-corrected chi connectivity index (χ4v) is 1.74. The first kappa shape index (κ1) is 13.0. The van der Waals surface area contributed by atoms with E-state index < -0.39 is 17.5 Å². The Hall–Kier alpha value is -2.42. The predicted octanol–water partition coefficient (Wildman–Crippen LogP) is 2.93. The normalized spacial score (nSPS) is 10.3. The van der Waals surface area contributed by atoms with E-state index in [0.717, 1.165) is 0 Å². The van der Waals surface area contributed by atoms with E-state index >= 15 is 0 Å². The molecule has 0 aliphatic carbocycles. The van der Waals surface area contributed by atoms with E-state index in [1.54, 1.807) is 23.9 Å². The van der Waals surface area contributed by atoms with Crippen LogP contribution in [0, 0.1) is 28.8 Å². The predicted molar refractivity (Wildman–Crippen MR) is 63.8 cm³/mol. The van der Waals surface area contributed by atoms with Crippen LogP contribution in [0.15, 0.2) is 24.4 Å². The number of aryl methyl sites for hydroxylation is 1. The Morgan fingerprint density at radius 1 is 1.21 bits per heavy atom. The second kappa shape index (κ2) is 5.06. The van der Waals surface area contributed by atoms with E-state index in [0.29, 0.717) is 23.4 Å². The van der Waals surface area contributed by atoms with Crippen molar-refractivity contribution < 1.29 is 13.2 Å². The molecule has 0 aliphatic heterocycles. The number of hydrogen-bond donors (Lipinski definition) is 1. The Bertz CT molecular complexity index is 633. The third-order valence-corrected chi connectivity index (χ3v) is 2.65. The fourth-order valence-electron chi connectivity index (χ4n) is 1.74. The number of nitrogens with zero attached hydrogens (tertiary/aromatic N) is 2. The maximum Gasteiger partial charge on any atom is 0.152 e. The first-order valence-corrected chi connectivity index (χ1v) is 5.45. The largest absolute Gasteiger partial charge is 0.376 e. The molecule has 0 atom stereocenters. The maximum atomic E-state index is 13.4. The van der Waals surface area contributed by atoms with E-state index in [9.17, 15) is 13.2 Å². The Morgan fingerprint density at radius 2 is 1.84 bits per heavy atom. The highest BCUT2D eigenvalue weighted by Gasteiger charge is 2.11. The highest BCUT2D eigenvalue weighted by atomic mass is 19.1. The van der Waals surface area contributed by atoms with Gasteiger partial charge in [-0.2, -0.15) is 5.26 Å². The summed E-state index contributed by atoms with van der Waals surface area (Å²) in [5.41, 5.74) is 0.753. The molecule has 19 heavy (non-hydrogen) atoms. The number of anilines is 1. The van der Waals surface area contributed by atoms with Gasteiger partial charge in [-0.05, 0) is 11.6 Å². The third kappa shape index (κ3) is 2.71. The Kier molecular flexibility index (Phi) is 3.47. The lowest BCUT2D eigenvalue weighted by Crippen LogP contribution is -2.04. The molecule has 0 saturated carbocycles. The molecule has 0 bridgehead atoms. The number of benzene rings is 1. The quantitative estimate of drug-likeness (QED) is 0.927. The summed E-state index contributed by atoms with van der Waals surface area (Å²) in [6, 6.07) is 4.80. The molecule has 0 amide bonds. The molecular formula is C13H10F3N3. The maximum absolute atomic E-state index is 13.4. The number of halogens is 3. The average molecular weight is 265 g/mol. The molecule has 1 aromatic carbocycles. The number of rotatable bonds is 3. The minimum Gasteiger partial charge on any atom is -0.376 e. The number of nitriles is 1. The number of nitrogens with one attached hydrogen (secondary N) is 1. The van der Waals surface area contributed by atoms with Gasteiger partial charge in [-0.1, -0.05) is 0 Å². The monoisotopic (exact) mass is 265 g/mol. The fraction of sp³-hybridized carbons (Fsp3) is 0.154. The topological polar surface area (TPSA) is 40.8 Å². The van der Waals surface area contributed by atoms with Gasteiger partial charge in [0.2, 0.25) is 0 Å². The van der Waals surface area contributed by atoms with E-state index in [2.05, 4.69) is 5.32 Å². The second-order valence-corrected chi connectivity index (χ2v) is 4.05. The van der Waals surface area contributed by atoms with Crippen molar-refractivity contribution in [3.8, 4) is 6.07 Å². The van der Waals surface area contributed by atoms with Gasteiger partial charge in [-0.3, -0.25) is 0 Å². The third-order valence-electron chi connectivity index (χ3n) is 2.65. The van der Waals surface area contributed by atoms with Crippen molar-refractivity contribution in [3.05, 3.63) is 53.1 Å². The summed E-state index contributed by atoms with van der Waals surface area (Å²) in [4.78, 5) is 0. The lowest BCUT2D eigenvalue weighted by atomic mass is 10.2. The molecule has 0 saturated heterocycles. The van der Waals surface area contributed by atoms with Crippen LogP contribution < -0.4 is 5.32 Å². The molecule has 3 nitrogen and oxygen atoms in total. The highest BCUT2D eigenvalue weighted by molar-refractivity contribution is 5.47. The van der Waals surface area contributed by atoms with Gasteiger partial charge in [0.15, 0.2) is 11.6 Å². The van der Waals surface area contributed by atoms with E-state index in [4.69, 9.17) is 5.26 Å². The molecule has 1 aromatic heterocycles. The van der Waals surface area contributed by atoms with Crippen LogP contribution in [0.2, 0.25) is 0 Å². The Labute approximate surface area is 107 Å². The van der Waals surface area contributed by atoms with Gasteiger partial charge in [0, 0.05) is 31.9 Å². The first-order chi connectivity index (χ1) is 9.01. The summed E-state index contributed by atoms with van der Waals surface area (Å²) in [6.45, 7) is 0.134. The smallest absolute Gasteiger partial charge is 0.152 e. The molecular weight excluding hydrogens is 255 g/mol. The van der Waals surface area contributed by atoms with Gasteiger partial charge in [0.05, 0.1) is 0 Å². The summed E-state index contributed by atoms with van der Waals surface area (Å²) >= 11 is 0. The lowest BCUT2D eigenvalue weighted by Gasteiger charge is -2.07. The van der Waals surface area contributed by atoms with Gasteiger partial charge < -0.3 is 9.88 Å². The Balaban J connectivity index is 2.17. The zero-order valence-corrected chi connectivity index (χ0v) is 10.0. The molecule has 2 rings (SSSR count). The van der Waals surface area contributed by atoms with Gasteiger partial charge in [-0.25, -0.2) is 13.2 Å². The number of hydrogen-bond acceptors (Lipinski definition) is 2. The van der Waals surface area contributed by atoms with Crippen LogP contribution in [-0.2, 0) is 13.6 Å². The summed E-state index contributed by atoms with van der Waals surface area (Å²) in [5.74, 6) is -2.95. The van der Waals surface area contributed by atoms with Crippen LogP contribution in [0.5, 0.6) is 0 Å². The van der Waals surface area contributed by atoms with Gasteiger partial charge >= 0.3 is 0 Å². The zero-order chi connectivity index (χ0) is 14.0. The van der Waals surface area contributed by atoms with Crippen LogP contribution >= 0.6 is 0 Å². The van der Waals surface area contributed by atoms with Crippen LogP contribution in [0.25, 0.3) is 0 Å². The molecule has 1 heterocycles. The highest BCUT2D eigenvalue weighted by Crippen LogP contribution is 2.21. The Morgan fingerprint density at radius 3 is 2.37 bits per heavy atom. The van der Waals surface area contributed by atoms with Gasteiger partial charge in [0.25, 0.3) is 0 Å². The van der Waals surface area contributed by atoms with Crippen molar-refractivity contribution in [1.29, 1.82) is 5.26 Å². The zero-order valence-electron chi connectivity index (χ0n) is 10.0. The minimum absolute atomic E-state index is 0.134. The second-order valence-electron chi connectivity index (χ2n) is 4.05. The first-order valence-electron chi connectivity index (χ1n) is 5.45. The SMILES string of the molecule is Cn1cc(CNc2c(F)cc(F)cc2F)cc1C#N. The van der Waals surface area contributed by atoms with Crippen LogP contribution in [0.1, 0.15) is 11.3 Å². The van der Waals surface area contributed by atoms with E-state index in [1.807, 2.05) is 6.07 Å². The molecule has 0 spiro atoms. The summed E-state index contributed by atoms with van der Waals surface area (Å²) < 4.78 is 41.1. The van der Waals surface area contributed by atoms with Crippen LogP contribution in [-0.4, -0.2) is 4.57 Å². The lowest BCUT2D eigenvalue weighted by molar-refractivity contribution is 0.547. The van der Waals surface area contributed by atoms with Crippen molar-refractivity contribution in [2.75, 3.05) is 5.32 Å². The molecule has 1 N–H and O–H groups in total. The van der Waals surface area contributed by atoms with Gasteiger partial charge in [-0.15, -0.1) is 0 Å². The molecule has 6 heteroatoms. The van der Waals surface area contributed by atoms with Crippen LogP contribution in [0.3, 0.4) is 0 Å². The van der Waals surface area contributed by atoms with Gasteiger partial charge in [0.1, 0.15) is 23.3 Å². The molecule has 0 radical (unpaired) electrons. The van der Waals surface area contributed by atoms with Crippen molar-refractivity contribution in [2.45, 2.75) is 6.54 Å². The van der Waals surface area contributed by atoms with Crippen molar-refractivity contribution in [1.82, 2.24) is 4.57 Å². The summed E-state index contributed by atoms with van der Waals surface area (Å²) in [6.07, 6.45) is 1.67. The van der Waals surface area contributed by atoms with Crippen molar-refractivity contribution in [3.63, 3.8) is 0 Å². The van der Waals surface area contributed by atoms with E-state index in [-0.39, 0.29) is 12.2 Å². The number of aromatic nitrogens is 1. The standard InChI is InChI=1S/C13H10F3N3/c1-19-7-8(2-10(19)5-17)6-18-13-11(15)3-9(14)4-12(13)16/h2-4,7,18H,6H2,1H3. The van der Waals surface area contributed by atoms with Crippen molar-refractivity contribution in [2.24, 2.45) is 7.05 Å². The van der Waals surface area contributed by atoms with Crippen LogP contribution in [0.4, 0.5) is 18.9 Å². The average Bonchev–Trinajstić information content (AvgIpc) is 2.68. The summed E-state index contributed by atoms with van der Waals surface area (Å²) in [5, 5.41) is 11.3.